The third kappa shape index (κ3) is 4.45. The van der Waals surface area contributed by atoms with E-state index in [1.807, 2.05) is 12.1 Å². The van der Waals surface area contributed by atoms with Gasteiger partial charge in [0.15, 0.2) is 0 Å². The lowest BCUT2D eigenvalue weighted by Gasteiger charge is -2.34. The average Bonchev–Trinajstić information content (AvgIpc) is 2.45. The molecular formula is C16H24ClNO2. The summed E-state index contributed by atoms with van der Waals surface area (Å²) >= 11 is 5.94. The smallest absolute Gasteiger partial charge is 0.0815 e. The zero-order chi connectivity index (χ0) is 14.4. The number of rotatable bonds is 6. The van der Waals surface area contributed by atoms with Crippen molar-refractivity contribution in [3.63, 3.8) is 0 Å². The average molecular weight is 298 g/mol. The molecule has 1 aromatic rings. The minimum Gasteiger partial charge on any atom is -0.388 e. The van der Waals surface area contributed by atoms with Crippen molar-refractivity contribution in [3.8, 4) is 0 Å². The van der Waals surface area contributed by atoms with Gasteiger partial charge in [-0.25, -0.2) is 0 Å². The number of aliphatic hydroxyl groups is 1. The van der Waals surface area contributed by atoms with Crippen molar-refractivity contribution in [2.45, 2.75) is 44.2 Å². The lowest BCUT2D eigenvalue weighted by molar-refractivity contribution is -0.0629. The molecule has 0 bridgehead atoms. The lowest BCUT2D eigenvalue weighted by Crippen LogP contribution is -2.45. The fourth-order valence-electron chi connectivity index (χ4n) is 2.61. The molecule has 2 N–H and O–H groups in total. The van der Waals surface area contributed by atoms with Crippen LogP contribution in [0.2, 0.25) is 5.02 Å². The Morgan fingerprint density at radius 2 is 1.95 bits per heavy atom. The Morgan fingerprint density at radius 1 is 1.30 bits per heavy atom. The van der Waals surface area contributed by atoms with Crippen LogP contribution in [0.15, 0.2) is 24.3 Å². The Bertz CT molecular complexity index is 401. The molecule has 0 saturated carbocycles. The first kappa shape index (κ1) is 15.8. The van der Waals surface area contributed by atoms with Crippen molar-refractivity contribution in [2.24, 2.45) is 0 Å². The molecule has 0 aromatic heterocycles. The van der Waals surface area contributed by atoms with Crippen LogP contribution in [0.4, 0.5) is 0 Å². The summed E-state index contributed by atoms with van der Waals surface area (Å²) in [5, 5.41) is 14.8. The maximum absolute atomic E-state index is 10.5. The van der Waals surface area contributed by atoms with Crippen LogP contribution < -0.4 is 5.32 Å². The molecule has 0 spiro atoms. The van der Waals surface area contributed by atoms with E-state index in [9.17, 15) is 5.11 Å². The van der Waals surface area contributed by atoms with Gasteiger partial charge in [-0.3, -0.25) is 0 Å². The Labute approximate surface area is 126 Å². The quantitative estimate of drug-likeness (QED) is 0.846. The first-order valence-corrected chi connectivity index (χ1v) is 7.80. The predicted octanol–water partition coefficient (Wildman–Crippen LogP) is 3.31. The first-order valence-electron chi connectivity index (χ1n) is 7.42. The van der Waals surface area contributed by atoms with Crippen molar-refractivity contribution in [2.75, 3.05) is 19.8 Å². The molecule has 0 amide bonds. The van der Waals surface area contributed by atoms with E-state index in [1.165, 1.54) is 5.56 Å². The van der Waals surface area contributed by atoms with E-state index in [2.05, 4.69) is 24.4 Å². The molecule has 1 heterocycles. The lowest BCUT2D eigenvalue weighted by atomic mass is 9.93. The van der Waals surface area contributed by atoms with Crippen LogP contribution in [0.3, 0.4) is 0 Å². The molecule has 1 atom stereocenters. The van der Waals surface area contributed by atoms with Gasteiger partial charge in [0.05, 0.1) is 5.60 Å². The maximum atomic E-state index is 10.5. The third-order valence-corrected chi connectivity index (χ3v) is 4.20. The molecule has 1 fully saturated rings. The molecular weight excluding hydrogens is 274 g/mol. The summed E-state index contributed by atoms with van der Waals surface area (Å²) in [4.78, 5) is 0. The summed E-state index contributed by atoms with van der Waals surface area (Å²) in [5.41, 5.74) is 0.600. The van der Waals surface area contributed by atoms with Crippen molar-refractivity contribution < 1.29 is 9.84 Å². The highest BCUT2D eigenvalue weighted by Gasteiger charge is 2.30. The van der Waals surface area contributed by atoms with Gasteiger partial charge >= 0.3 is 0 Å². The largest absolute Gasteiger partial charge is 0.388 e. The molecule has 1 aliphatic heterocycles. The topological polar surface area (TPSA) is 41.5 Å². The zero-order valence-electron chi connectivity index (χ0n) is 12.1. The molecule has 1 aromatic carbocycles. The zero-order valence-corrected chi connectivity index (χ0v) is 12.8. The second-order valence-electron chi connectivity index (χ2n) is 5.61. The summed E-state index contributed by atoms with van der Waals surface area (Å²) in [5.74, 6) is 0. The van der Waals surface area contributed by atoms with Gasteiger partial charge in [-0.05, 0) is 24.1 Å². The molecule has 0 radical (unpaired) electrons. The van der Waals surface area contributed by atoms with E-state index >= 15 is 0 Å². The second-order valence-corrected chi connectivity index (χ2v) is 6.05. The molecule has 112 valence electrons. The van der Waals surface area contributed by atoms with Gasteiger partial charge in [-0.15, -0.1) is 0 Å². The van der Waals surface area contributed by atoms with E-state index in [-0.39, 0.29) is 6.04 Å². The van der Waals surface area contributed by atoms with Crippen molar-refractivity contribution in [1.82, 2.24) is 5.32 Å². The van der Waals surface area contributed by atoms with E-state index in [0.29, 0.717) is 32.6 Å². The van der Waals surface area contributed by atoms with Crippen molar-refractivity contribution >= 4 is 11.6 Å². The highest BCUT2D eigenvalue weighted by molar-refractivity contribution is 6.30. The Balaban J connectivity index is 1.96. The number of ether oxygens (including phenoxy) is 1. The minimum atomic E-state index is -0.628. The van der Waals surface area contributed by atoms with Gasteiger partial charge in [0.1, 0.15) is 0 Å². The van der Waals surface area contributed by atoms with E-state index in [4.69, 9.17) is 16.3 Å². The maximum Gasteiger partial charge on any atom is 0.0815 e. The van der Waals surface area contributed by atoms with E-state index < -0.39 is 5.60 Å². The molecule has 1 saturated heterocycles. The summed E-state index contributed by atoms with van der Waals surface area (Å²) in [7, 11) is 0. The number of hydrogen-bond donors (Lipinski definition) is 2. The monoisotopic (exact) mass is 297 g/mol. The van der Waals surface area contributed by atoms with Gasteiger partial charge in [0, 0.05) is 43.7 Å². The van der Waals surface area contributed by atoms with Crippen LogP contribution in [-0.2, 0) is 4.74 Å². The number of halogens is 1. The number of hydrogen-bond acceptors (Lipinski definition) is 3. The van der Waals surface area contributed by atoms with Crippen LogP contribution in [0.5, 0.6) is 0 Å². The molecule has 1 aliphatic rings. The second kappa shape index (κ2) is 7.41. The highest BCUT2D eigenvalue weighted by atomic mass is 35.5. The molecule has 4 heteroatoms. The molecule has 1 unspecified atom stereocenters. The van der Waals surface area contributed by atoms with E-state index in [1.54, 1.807) is 0 Å². The summed E-state index contributed by atoms with van der Waals surface area (Å²) < 4.78 is 5.31. The van der Waals surface area contributed by atoms with Gasteiger partial charge in [-0.2, -0.15) is 0 Å². The fourth-order valence-corrected chi connectivity index (χ4v) is 2.74. The normalized spacial score (nSPS) is 19.8. The minimum absolute atomic E-state index is 0.268. The molecule has 3 nitrogen and oxygen atoms in total. The van der Waals surface area contributed by atoms with Gasteiger partial charge in [-0.1, -0.05) is 37.1 Å². The first-order chi connectivity index (χ1) is 9.63. The van der Waals surface area contributed by atoms with Crippen molar-refractivity contribution in [3.05, 3.63) is 34.9 Å². The number of nitrogens with one attached hydrogen (secondary N) is 1. The van der Waals surface area contributed by atoms with Crippen LogP contribution >= 0.6 is 11.6 Å². The Morgan fingerprint density at radius 3 is 2.55 bits per heavy atom. The SMILES string of the molecule is CCCC(NCC1(O)CCOCC1)c1ccc(Cl)cc1. The van der Waals surface area contributed by atoms with Gasteiger partial charge < -0.3 is 15.2 Å². The molecule has 20 heavy (non-hydrogen) atoms. The molecule has 2 rings (SSSR count). The number of benzene rings is 1. The Kier molecular flexibility index (Phi) is 5.85. The van der Waals surface area contributed by atoms with Gasteiger partial charge in [0.25, 0.3) is 0 Å². The standard InChI is InChI=1S/C16H24ClNO2/c1-2-3-15(13-4-6-14(17)7-5-13)18-12-16(19)8-10-20-11-9-16/h4-7,15,18-19H,2-3,8-12H2,1H3. The van der Waals surface area contributed by atoms with Crippen LogP contribution in [0, 0.1) is 0 Å². The predicted molar refractivity (Wildman–Crippen MR) is 82.1 cm³/mol. The van der Waals surface area contributed by atoms with Gasteiger partial charge in [0.2, 0.25) is 0 Å². The Hall–Kier alpha value is -0.610. The van der Waals surface area contributed by atoms with Crippen LogP contribution in [0.25, 0.3) is 0 Å². The highest BCUT2D eigenvalue weighted by Crippen LogP contribution is 2.24. The van der Waals surface area contributed by atoms with Crippen molar-refractivity contribution in [1.29, 1.82) is 0 Å². The van der Waals surface area contributed by atoms with E-state index in [0.717, 1.165) is 17.9 Å². The third-order valence-electron chi connectivity index (χ3n) is 3.95. The summed E-state index contributed by atoms with van der Waals surface area (Å²) in [6.45, 7) is 4.09. The fraction of sp³-hybridized carbons (Fsp3) is 0.625. The summed E-state index contributed by atoms with van der Waals surface area (Å²) in [6.07, 6.45) is 3.56. The molecule has 0 aliphatic carbocycles. The van der Waals surface area contributed by atoms with Crippen LogP contribution in [0.1, 0.15) is 44.2 Å². The van der Waals surface area contributed by atoms with Crippen LogP contribution in [-0.4, -0.2) is 30.5 Å². The summed E-state index contributed by atoms with van der Waals surface area (Å²) in [6, 6.07) is 8.23.